The van der Waals surface area contributed by atoms with Gasteiger partial charge in [-0.2, -0.15) is 0 Å². The van der Waals surface area contributed by atoms with Gasteiger partial charge in [0.25, 0.3) is 0 Å². The molecule has 214 valence electrons. The van der Waals surface area contributed by atoms with Crippen LogP contribution in [0.25, 0.3) is 42.6 Å². The molecule has 2 aromatic heterocycles. The van der Waals surface area contributed by atoms with Gasteiger partial charge in [-0.05, 0) is 106 Å². The molecule has 0 amide bonds. The Balaban J connectivity index is 0.00000100. The molecule has 0 atom stereocenters. The molecule has 0 saturated heterocycles. The molecule has 1 aliphatic rings. The molecule has 4 heteroatoms. The van der Waals surface area contributed by atoms with Crippen molar-refractivity contribution in [1.29, 1.82) is 0 Å². The van der Waals surface area contributed by atoms with Crippen LogP contribution in [0.1, 0.15) is 18.1 Å². The Hall–Kier alpha value is -4.51. The molecule has 5 aromatic carbocycles. The molecule has 0 radical (unpaired) electrons. The van der Waals surface area contributed by atoms with Gasteiger partial charge < -0.3 is 4.90 Å². The van der Waals surface area contributed by atoms with Gasteiger partial charge >= 0.3 is 0 Å². The second-order valence-electron chi connectivity index (χ2n) is 10.9. The van der Waals surface area contributed by atoms with Crippen molar-refractivity contribution < 1.29 is 0 Å². The van der Waals surface area contributed by atoms with Gasteiger partial charge in [0.2, 0.25) is 0 Å². The average Bonchev–Trinajstić information content (AvgIpc) is 3.43. The number of halogens is 1. The van der Waals surface area contributed by atoms with Crippen molar-refractivity contribution in [3.63, 3.8) is 0 Å². The van der Waals surface area contributed by atoms with Crippen LogP contribution in [0.5, 0.6) is 0 Å². The summed E-state index contributed by atoms with van der Waals surface area (Å²) >= 11 is 5.43. The van der Waals surface area contributed by atoms with Gasteiger partial charge in [0.15, 0.2) is 0 Å². The topological polar surface area (TPSA) is 16.1 Å². The van der Waals surface area contributed by atoms with Crippen LogP contribution in [0.4, 0.5) is 17.1 Å². The van der Waals surface area contributed by atoms with Crippen LogP contribution in [0.2, 0.25) is 0 Å². The first-order valence-corrected chi connectivity index (χ1v) is 16.5. The summed E-state index contributed by atoms with van der Waals surface area (Å²) < 4.78 is 3.39. The number of pyridine rings is 1. The molecule has 2 nitrogen and oxygen atoms in total. The van der Waals surface area contributed by atoms with E-state index < -0.39 is 0 Å². The fraction of sp³-hybridized carbons (Fsp3) is 0.0750. The van der Waals surface area contributed by atoms with Crippen molar-refractivity contribution in [2.75, 3.05) is 4.90 Å². The largest absolute Gasteiger partial charge is 0.309 e. The summed E-state index contributed by atoms with van der Waals surface area (Å²) in [7, 11) is 0. The second-order valence-corrected chi connectivity index (χ2v) is 12.8. The maximum absolute atomic E-state index is 4.80. The van der Waals surface area contributed by atoms with Crippen molar-refractivity contribution in [3.05, 3.63) is 156 Å². The molecule has 0 unspecified atom stereocenters. The first-order chi connectivity index (χ1) is 21.6. The van der Waals surface area contributed by atoms with Gasteiger partial charge in [-0.1, -0.05) is 84.9 Å². The zero-order chi connectivity index (χ0) is 30.0. The molecule has 0 aliphatic heterocycles. The lowest BCUT2D eigenvalue weighted by atomic mass is 9.88. The van der Waals surface area contributed by atoms with E-state index in [1.54, 1.807) is 6.08 Å². The van der Waals surface area contributed by atoms with Crippen molar-refractivity contribution in [1.82, 2.24) is 4.98 Å². The summed E-state index contributed by atoms with van der Waals surface area (Å²) in [6.07, 6.45) is 4.08. The van der Waals surface area contributed by atoms with E-state index in [1.807, 2.05) is 24.3 Å². The van der Waals surface area contributed by atoms with Gasteiger partial charge in [-0.25, -0.2) is 4.98 Å². The normalized spacial score (nSPS) is 11.8. The van der Waals surface area contributed by atoms with E-state index >= 15 is 0 Å². The maximum atomic E-state index is 4.80. The summed E-state index contributed by atoms with van der Waals surface area (Å²) in [6, 6.07) is 45.9. The summed E-state index contributed by atoms with van der Waals surface area (Å²) in [4.78, 5) is 7.23. The number of fused-ring (bicyclic) bond motifs is 4. The van der Waals surface area contributed by atoms with Crippen LogP contribution in [-0.4, -0.2) is 4.98 Å². The quantitative estimate of drug-likeness (QED) is 0.136. The standard InChI is InChI=1S/C37H25BrN2S.C3H6/c38-35-14-6-11-32(39-35)30-9-5-13-34-36(30)31-10-4-12-33(37(31)41-34)40(29-22-19-26-15-16-27(26)23-29)28-20-17-25(18-21-28)24-7-2-1-3-8-24;1-3-2/h1-14,17-23H,15-16H2;3H,1H2,2H3. The lowest BCUT2D eigenvalue weighted by Gasteiger charge is -2.29. The number of thiophene rings is 1. The molecule has 7 aromatic rings. The van der Waals surface area contributed by atoms with Crippen LogP contribution in [0.3, 0.4) is 0 Å². The Morgan fingerprint density at radius 2 is 1.43 bits per heavy atom. The number of nitrogens with zero attached hydrogens (tertiary/aromatic N) is 2. The number of hydrogen-bond acceptors (Lipinski definition) is 3. The smallest absolute Gasteiger partial charge is 0.106 e. The third kappa shape index (κ3) is 5.25. The minimum atomic E-state index is 0.845. The number of hydrogen-bond donors (Lipinski definition) is 0. The van der Waals surface area contributed by atoms with Gasteiger partial charge in [-0.15, -0.1) is 17.9 Å². The Bertz CT molecular complexity index is 2110. The van der Waals surface area contributed by atoms with Crippen LogP contribution in [-0.2, 0) is 12.8 Å². The molecule has 0 N–H and O–H groups in total. The van der Waals surface area contributed by atoms with Crippen LogP contribution < -0.4 is 4.90 Å². The lowest BCUT2D eigenvalue weighted by molar-refractivity contribution is 0.839. The van der Waals surface area contributed by atoms with E-state index in [0.29, 0.717) is 0 Å². The number of aromatic nitrogens is 1. The highest BCUT2D eigenvalue weighted by Gasteiger charge is 2.22. The van der Waals surface area contributed by atoms with E-state index in [4.69, 9.17) is 4.98 Å². The van der Waals surface area contributed by atoms with Crippen LogP contribution in [0, 0.1) is 0 Å². The Morgan fingerprint density at radius 1 is 0.727 bits per heavy atom. The van der Waals surface area contributed by atoms with Crippen LogP contribution >= 0.6 is 27.3 Å². The first kappa shape index (κ1) is 28.3. The number of rotatable bonds is 5. The zero-order valence-electron chi connectivity index (χ0n) is 24.5. The number of aryl methyl sites for hydroxylation is 2. The molecule has 1 aliphatic carbocycles. The number of allylic oxidation sites excluding steroid dienone is 1. The molecule has 2 heterocycles. The number of benzene rings is 5. The maximum Gasteiger partial charge on any atom is 0.106 e. The van der Waals surface area contributed by atoms with E-state index in [2.05, 4.69) is 149 Å². The van der Waals surface area contributed by atoms with Gasteiger partial charge in [0.05, 0.1) is 16.1 Å². The molecular weight excluding hydrogens is 620 g/mol. The van der Waals surface area contributed by atoms with Crippen molar-refractivity contribution in [2.45, 2.75) is 19.8 Å². The summed E-state index contributed by atoms with van der Waals surface area (Å²) in [5, 5.41) is 2.52. The molecule has 0 bridgehead atoms. The monoisotopic (exact) mass is 650 g/mol. The summed E-state index contributed by atoms with van der Waals surface area (Å²) in [5.41, 5.74) is 11.1. The molecular formula is C40H31BrN2S. The van der Waals surface area contributed by atoms with Crippen molar-refractivity contribution in [3.8, 4) is 22.4 Å². The Morgan fingerprint density at radius 3 is 2.16 bits per heavy atom. The summed E-state index contributed by atoms with van der Waals surface area (Å²) in [5.74, 6) is 0. The van der Waals surface area contributed by atoms with Crippen molar-refractivity contribution >= 4 is 64.5 Å². The predicted molar refractivity (Wildman–Crippen MR) is 194 cm³/mol. The van der Waals surface area contributed by atoms with Gasteiger partial charge in [-0.3, -0.25) is 0 Å². The first-order valence-electron chi connectivity index (χ1n) is 14.9. The minimum Gasteiger partial charge on any atom is -0.309 e. The van der Waals surface area contributed by atoms with Crippen LogP contribution in [0.15, 0.2) is 145 Å². The minimum absolute atomic E-state index is 0.845. The Labute approximate surface area is 271 Å². The zero-order valence-corrected chi connectivity index (χ0v) is 26.9. The summed E-state index contributed by atoms with van der Waals surface area (Å²) in [6.45, 7) is 5.25. The highest BCUT2D eigenvalue weighted by molar-refractivity contribution is 9.10. The molecule has 0 saturated carbocycles. The SMILES string of the molecule is Brc1cccc(-c2cccc3sc4c(N(c5ccc(-c6ccccc6)cc5)c5ccc6c(c5)CC6)cccc4c23)n1.C=CC. The van der Waals surface area contributed by atoms with Gasteiger partial charge in [0, 0.05) is 32.4 Å². The third-order valence-electron chi connectivity index (χ3n) is 8.08. The highest BCUT2D eigenvalue weighted by Crippen LogP contribution is 2.47. The Kier molecular flexibility index (Phi) is 7.86. The highest BCUT2D eigenvalue weighted by atomic mass is 79.9. The third-order valence-corrected chi connectivity index (χ3v) is 9.71. The fourth-order valence-corrected chi connectivity index (χ4v) is 7.54. The van der Waals surface area contributed by atoms with E-state index in [1.165, 1.54) is 60.2 Å². The predicted octanol–water partition coefficient (Wildman–Crippen LogP) is 12.3. The second kappa shape index (κ2) is 12.2. The molecule has 44 heavy (non-hydrogen) atoms. The molecule has 0 spiro atoms. The van der Waals surface area contributed by atoms with E-state index in [0.717, 1.165) is 28.0 Å². The van der Waals surface area contributed by atoms with E-state index in [-0.39, 0.29) is 0 Å². The fourth-order valence-electron chi connectivity index (χ4n) is 5.96. The van der Waals surface area contributed by atoms with Gasteiger partial charge in [0.1, 0.15) is 4.60 Å². The molecule has 0 fully saturated rings. The van der Waals surface area contributed by atoms with Crippen molar-refractivity contribution in [2.24, 2.45) is 0 Å². The lowest BCUT2D eigenvalue weighted by Crippen LogP contribution is -2.14. The number of anilines is 3. The average molecular weight is 652 g/mol. The molecule has 8 rings (SSSR count). The van der Waals surface area contributed by atoms with E-state index in [9.17, 15) is 0 Å².